The van der Waals surface area contributed by atoms with E-state index in [1.165, 1.54) is 12.8 Å². The highest BCUT2D eigenvalue weighted by Crippen LogP contribution is 2.68. The van der Waals surface area contributed by atoms with Crippen molar-refractivity contribution in [2.75, 3.05) is 6.54 Å². The van der Waals surface area contributed by atoms with Gasteiger partial charge in [0, 0.05) is 6.42 Å². The van der Waals surface area contributed by atoms with Gasteiger partial charge in [0.05, 0.1) is 12.2 Å². The number of carbonyl (C=O) groups excluding carboxylic acids is 1. The summed E-state index contributed by atoms with van der Waals surface area (Å²) in [5.74, 6) is 1.84. The second-order valence-electron chi connectivity index (χ2n) is 12.1. The van der Waals surface area contributed by atoms with E-state index in [0.717, 1.165) is 44.9 Å². The molecule has 0 heterocycles. The van der Waals surface area contributed by atoms with Crippen LogP contribution in [0.3, 0.4) is 0 Å². The molecule has 4 fully saturated rings. The van der Waals surface area contributed by atoms with Crippen molar-refractivity contribution >= 4 is 11.9 Å². The standard InChI is InChI=1S/C26H43NO5/c1-15(4-9-23(30)27-14-24(31)32)19-7-8-20-18-6-5-16-12-17(28)10-11-25(16,2)21(18)13-22(29)26(19,20)3/h15-22,28-29H,4-14H2,1-3H3,(H,27,30)(H,31,32)/t15-,16?,17-,18?,19?,20?,21?,22+,25?,26-/m1/s1. The molecule has 4 N–H and O–H groups in total. The number of fused-ring (bicyclic) bond motifs is 5. The summed E-state index contributed by atoms with van der Waals surface area (Å²) >= 11 is 0. The number of carboxylic acid groups (broad SMARTS) is 1. The lowest BCUT2D eigenvalue weighted by molar-refractivity contribution is -0.175. The quantitative estimate of drug-likeness (QED) is 0.496. The molecule has 6 nitrogen and oxygen atoms in total. The van der Waals surface area contributed by atoms with E-state index in [1.807, 2.05) is 0 Å². The van der Waals surface area contributed by atoms with Gasteiger partial charge < -0.3 is 20.6 Å². The summed E-state index contributed by atoms with van der Waals surface area (Å²) in [6.07, 6.45) is 9.12. The molecule has 0 aromatic rings. The van der Waals surface area contributed by atoms with Gasteiger partial charge in [0.25, 0.3) is 0 Å². The first-order valence-corrected chi connectivity index (χ1v) is 12.9. The Morgan fingerprint density at radius 2 is 1.78 bits per heavy atom. The zero-order valence-electron chi connectivity index (χ0n) is 20.1. The maximum absolute atomic E-state index is 12.0. The molecule has 0 saturated heterocycles. The normalized spacial score (nSPS) is 46.5. The number of amides is 1. The van der Waals surface area contributed by atoms with E-state index in [-0.39, 0.29) is 35.5 Å². The Hall–Kier alpha value is -1.14. The van der Waals surface area contributed by atoms with Crippen LogP contribution in [0.25, 0.3) is 0 Å². The Morgan fingerprint density at radius 1 is 1.03 bits per heavy atom. The Balaban J connectivity index is 1.45. The molecule has 6 heteroatoms. The maximum atomic E-state index is 12.0. The van der Waals surface area contributed by atoms with Crippen molar-refractivity contribution in [3.8, 4) is 0 Å². The minimum absolute atomic E-state index is 0.102. The Labute approximate surface area is 192 Å². The van der Waals surface area contributed by atoms with Crippen LogP contribution < -0.4 is 5.32 Å². The number of aliphatic hydroxyl groups excluding tert-OH is 2. The van der Waals surface area contributed by atoms with Gasteiger partial charge in [0.2, 0.25) is 5.91 Å². The Bertz CT molecular complexity index is 727. The molecular formula is C26H43NO5. The number of hydrogen-bond acceptors (Lipinski definition) is 4. The van der Waals surface area contributed by atoms with Gasteiger partial charge in [0.1, 0.15) is 6.54 Å². The van der Waals surface area contributed by atoms with E-state index < -0.39 is 5.97 Å². The molecule has 10 atom stereocenters. The van der Waals surface area contributed by atoms with Gasteiger partial charge in [-0.25, -0.2) is 0 Å². The summed E-state index contributed by atoms with van der Waals surface area (Å²) in [4.78, 5) is 22.7. The maximum Gasteiger partial charge on any atom is 0.322 e. The SMILES string of the molecule is C[C@H](CCC(=O)NCC(=O)O)C1CCC2C3CCC4C[C@H](O)CCC4(C)C3C[C@H](O)[C@@]21C. The predicted octanol–water partition coefficient (Wildman–Crippen LogP) is 3.59. The van der Waals surface area contributed by atoms with Crippen LogP contribution in [0, 0.1) is 46.3 Å². The highest BCUT2D eigenvalue weighted by atomic mass is 16.4. The minimum atomic E-state index is -1.02. The highest BCUT2D eigenvalue weighted by Gasteiger charge is 2.63. The number of rotatable bonds is 6. The lowest BCUT2D eigenvalue weighted by atomic mass is 9.43. The molecule has 0 aromatic heterocycles. The molecule has 4 rings (SSSR count). The van der Waals surface area contributed by atoms with E-state index in [4.69, 9.17) is 5.11 Å². The third-order valence-electron chi connectivity index (χ3n) is 10.8. The van der Waals surface area contributed by atoms with Gasteiger partial charge >= 0.3 is 5.97 Å². The average molecular weight is 450 g/mol. The van der Waals surface area contributed by atoms with Crippen LogP contribution in [0.4, 0.5) is 0 Å². The number of aliphatic hydroxyl groups is 2. The van der Waals surface area contributed by atoms with Crippen LogP contribution in [-0.4, -0.2) is 45.9 Å². The molecule has 0 spiro atoms. The number of nitrogens with one attached hydrogen (secondary N) is 1. The highest BCUT2D eigenvalue weighted by molar-refractivity contribution is 5.81. The van der Waals surface area contributed by atoms with E-state index in [0.29, 0.717) is 41.9 Å². The molecule has 1 amide bonds. The molecule has 0 radical (unpaired) electrons. The van der Waals surface area contributed by atoms with Crippen LogP contribution in [0.2, 0.25) is 0 Å². The summed E-state index contributed by atoms with van der Waals surface area (Å²) in [5.41, 5.74) is 0.145. The second-order valence-corrected chi connectivity index (χ2v) is 12.1. The van der Waals surface area contributed by atoms with Crippen molar-refractivity contribution in [1.29, 1.82) is 0 Å². The van der Waals surface area contributed by atoms with Gasteiger partial charge in [-0.2, -0.15) is 0 Å². The molecule has 0 bridgehead atoms. The van der Waals surface area contributed by atoms with Gasteiger partial charge in [-0.15, -0.1) is 0 Å². The molecule has 0 aromatic carbocycles. The van der Waals surface area contributed by atoms with E-state index in [9.17, 15) is 19.8 Å². The number of carboxylic acids is 1. The molecule has 4 saturated carbocycles. The molecule has 0 aliphatic heterocycles. The number of hydrogen-bond donors (Lipinski definition) is 4. The van der Waals surface area contributed by atoms with Crippen molar-refractivity contribution < 1.29 is 24.9 Å². The molecule has 32 heavy (non-hydrogen) atoms. The average Bonchev–Trinajstić information content (AvgIpc) is 3.10. The lowest BCUT2D eigenvalue weighted by Crippen LogP contribution is -2.58. The predicted molar refractivity (Wildman–Crippen MR) is 122 cm³/mol. The van der Waals surface area contributed by atoms with E-state index in [2.05, 4.69) is 26.1 Å². The summed E-state index contributed by atoms with van der Waals surface area (Å²) in [6.45, 7) is 6.65. The smallest absolute Gasteiger partial charge is 0.322 e. The summed E-state index contributed by atoms with van der Waals surface area (Å²) in [6, 6.07) is 0. The van der Waals surface area contributed by atoms with Crippen LogP contribution in [0.15, 0.2) is 0 Å². The molecular weight excluding hydrogens is 406 g/mol. The largest absolute Gasteiger partial charge is 0.480 e. The van der Waals surface area contributed by atoms with Crippen LogP contribution >= 0.6 is 0 Å². The fraction of sp³-hybridized carbons (Fsp3) is 0.923. The third-order valence-corrected chi connectivity index (χ3v) is 10.8. The first-order valence-electron chi connectivity index (χ1n) is 12.9. The Morgan fingerprint density at radius 3 is 2.50 bits per heavy atom. The molecule has 4 aliphatic rings. The third kappa shape index (κ3) is 4.00. The van der Waals surface area contributed by atoms with E-state index in [1.54, 1.807) is 0 Å². The first kappa shape index (κ1) is 24.0. The van der Waals surface area contributed by atoms with Gasteiger partial charge in [-0.1, -0.05) is 20.8 Å². The minimum Gasteiger partial charge on any atom is -0.480 e. The van der Waals surface area contributed by atoms with Crippen molar-refractivity contribution in [3.63, 3.8) is 0 Å². The van der Waals surface area contributed by atoms with Crippen molar-refractivity contribution in [1.82, 2.24) is 5.32 Å². The number of carbonyl (C=O) groups is 2. The van der Waals surface area contributed by atoms with Gasteiger partial charge in [-0.05, 0) is 104 Å². The zero-order chi connectivity index (χ0) is 23.3. The summed E-state index contributed by atoms with van der Waals surface area (Å²) < 4.78 is 0. The molecule has 6 unspecified atom stereocenters. The van der Waals surface area contributed by atoms with E-state index >= 15 is 0 Å². The summed E-state index contributed by atoms with van der Waals surface area (Å²) in [5, 5.41) is 33.0. The Kier molecular flexibility index (Phi) is 6.68. The van der Waals surface area contributed by atoms with Crippen LogP contribution in [0.5, 0.6) is 0 Å². The van der Waals surface area contributed by atoms with Crippen molar-refractivity contribution in [2.24, 2.45) is 46.3 Å². The molecule has 182 valence electrons. The van der Waals surface area contributed by atoms with Gasteiger partial charge in [0.15, 0.2) is 0 Å². The van der Waals surface area contributed by atoms with Crippen molar-refractivity contribution in [3.05, 3.63) is 0 Å². The molecule has 4 aliphatic carbocycles. The van der Waals surface area contributed by atoms with Crippen molar-refractivity contribution in [2.45, 2.75) is 97.2 Å². The van der Waals surface area contributed by atoms with Crippen LogP contribution in [0.1, 0.15) is 85.0 Å². The van der Waals surface area contributed by atoms with Gasteiger partial charge in [-0.3, -0.25) is 9.59 Å². The zero-order valence-corrected chi connectivity index (χ0v) is 20.1. The fourth-order valence-corrected chi connectivity index (χ4v) is 8.98. The topological polar surface area (TPSA) is 107 Å². The monoisotopic (exact) mass is 449 g/mol. The lowest BCUT2D eigenvalue weighted by Gasteiger charge is -2.62. The number of aliphatic carboxylic acids is 1. The first-order chi connectivity index (χ1) is 15.1. The fourth-order valence-electron chi connectivity index (χ4n) is 8.98. The summed E-state index contributed by atoms with van der Waals surface area (Å²) in [7, 11) is 0. The van der Waals surface area contributed by atoms with Crippen LogP contribution in [-0.2, 0) is 9.59 Å². The second kappa shape index (κ2) is 8.90.